The maximum absolute atomic E-state index is 6.18. The van der Waals surface area contributed by atoms with Crippen molar-refractivity contribution in [1.82, 2.24) is 15.1 Å². The lowest BCUT2D eigenvalue weighted by atomic mass is 10.1. The first-order chi connectivity index (χ1) is 10.7. The molecule has 1 fully saturated rings. The molecular weight excluding hydrogens is 280 g/mol. The van der Waals surface area contributed by atoms with Crippen LogP contribution in [0.2, 0.25) is 0 Å². The fraction of sp³-hybridized carbons (Fsp3) is 0.438. The molecule has 22 heavy (non-hydrogen) atoms. The fourth-order valence-electron chi connectivity index (χ4n) is 2.90. The number of methoxy groups -OCH3 is 1. The first-order valence-corrected chi connectivity index (χ1v) is 7.51. The Morgan fingerprint density at radius 1 is 1.41 bits per heavy atom. The number of H-pyrrole nitrogens is 1. The molecule has 1 aromatic carbocycles. The Hall–Kier alpha value is -2.21. The van der Waals surface area contributed by atoms with E-state index in [1.807, 2.05) is 18.2 Å². The van der Waals surface area contributed by atoms with Crippen molar-refractivity contribution < 1.29 is 9.47 Å². The van der Waals surface area contributed by atoms with Crippen LogP contribution in [0.5, 0.6) is 11.5 Å². The number of hydrogen-bond donors (Lipinski definition) is 2. The number of likely N-dealkylation sites (tertiary alicyclic amines) is 1. The van der Waals surface area contributed by atoms with Crippen LogP contribution in [0.3, 0.4) is 0 Å². The molecule has 3 rings (SSSR count). The highest BCUT2D eigenvalue weighted by Gasteiger charge is 2.21. The van der Waals surface area contributed by atoms with Gasteiger partial charge in [-0.25, -0.2) is 0 Å². The summed E-state index contributed by atoms with van der Waals surface area (Å²) in [6, 6.07) is 7.65. The maximum atomic E-state index is 6.18. The quantitative estimate of drug-likeness (QED) is 0.905. The van der Waals surface area contributed by atoms with E-state index < -0.39 is 0 Å². The number of nitrogens with one attached hydrogen (secondary N) is 1. The van der Waals surface area contributed by atoms with Crippen LogP contribution in [0.25, 0.3) is 11.3 Å². The van der Waals surface area contributed by atoms with Gasteiger partial charge in [-0.05, 0) is 38.6 Å². The van der Waals surface area contributed by atoms with Gasteiger partial charge < -0.3 is 20.1 Å². The summed E-state index contributed by atoms with van der Waals surface area (Å²) in [6.07, 6.45) is 2.41. The first-order valence-electron chi connectivity index (χ1n) is 7.51. The molecule has 1 atom stereocenters. The van der Waals surface area contributed by atoms with Crippen LogP contribution in [0.4, 0.5) is 5.82 Å². The molecule has 6 heteroatoms. The molecule has 118 valence electrons. The fourth-order valence-corrected chi connectivity index (χ4v) is 2.90. The Bertz CT molecular complexity index is 641. The molecule has 1 saturated heterocycles. The average molecular weight is 302 g/mol. The number of aromatic nitrogens is 2. The van der Waals surface area contributed by atoms with E-state index in [2.05, 4.69) is 22.1 Å². The smallest absolute Gasteiger partial charge is 0.170 e. The third-order valence-electron chi connectivity index (χ3n) is 3.95. The standard InChI is InChI=1S/C16H22N4O2/c1-20-8-4-5-11(10-20)22-14-7-3-6-12(16(14)21-2)13-9-15(17)19-18-13/h3,6-7,9,11H,4-5,8,10H2,1-2H3,(H3,17,18,19). The van der Waals surface area contributed by atoms with Gasteiger partial charge in [0.2, 0.25) is 0 Å². The van der Waals surface area contributed by atoms with E-state index >= 15 is 0 Å². The van der Waals surface area contributed by atoms with Gasteiger partial charge in [-0.3, -0.25) is 5.10 Å². The Morgan fingerprint density at radius 3 is 2.95 bits per heavy atom. The van der Waals surface area contributed by atoms with Crippen molar-refractivity contribution in [3.05, 3.63) is 24.3 Å². The summed E-state index contributed by atoms with van der Waals surface area (Å²) in [5.74, 6) is 1.92. The van der Waals surface area contributed by atoms with Crippen molar-refractivity contribution in [3.8, 4) is 22.8 Å². The predicted octanol–water partition coefficient (Wildman–Crippen LogP) is 2.14. The zero-order valence-electron chi connectivity index (χ0n) is 13.0. The predicted molar refractivity (Wildman–Crippen MR) is 86.1 cm³/mol. The minimum atomic E-state index is 0.190. The molecule has 0 spiro atoms. The highest BCUT2D eigenvalue weighted by atomic mass is 16.5. The monoisotopic (exact) mass is 302 g/mol. The number of rotatable bonds is 4. The van der Waals surface area contributed by atoms with Gasteiger partial charge in [-0.2, -0.15) is 5.10 Å². The molecule has 0 saturated carbocycles. The molecule has 0 amide bonds. The number of anilines is 1. The lowest BCUT2D eigenvalue weighted by molar-refractivity contribution is 0.101. The average Bonchev–Trinajstić information content (AvgIpc) is 2.93. The van der Waals surface area contributed by atoms with Gasteiger partial charge in [0.15, 0.2) is 11.5 Å². The topological polar surface area (TPSA) is 76.4 Å². The van der Waals surface area contributed by atoms with Crippen molar-refractivity contribution in [1.29, 1.82) is 0 Å². The zero-order valence-corrected chi connectivity index (χ0v) is 13.0. The molecule has 1 aliphatic heterocycles. The van der Waals surface area contributed by atoms with E-state index in [4.69, 9.17) is 15.2 Å². The van der Waals surface area contributed by atoms with Crippen LogP contribution in [0.1, 0.15) is 12.8 Å². The van der Waals surface area contributed by atoms with Crippen molar-refractivity contribution in [3.63, 3.8) is 0 Å². The van der Waals surface area contributed by atoms with Crippen LogP contribution in [0, 0.1) is 0 Å². The minimum absolute atomic E-state index is 0.190. The third-order valence-corrected chi connectivity index (χ3v) is 3.95. The Balaban J connectivity index is 1.88. The summed E-state index contributed by atoms with van der Waals surface area (Å²) in [6.45, 7) is 2.06. The maximum Gasteiger partial charge on any atom is 0.170 e. The second-order valence-corrected chi connectivity index (χ2v) is 5.69. The van der Waals surface area contributed by atoms with E-state index in [-0.39, 0.29) is 6.10 Å². The van der Waals surface area contributed by atoms with Gasteiger partial charge in [0.25, 0.3) is 0 Å². The largest absolute Gasteiger partial charge is 0.492 e. The molecule has 1 unspecified atom stereocenters. The second-order valence-electron chi connectivity index (χ2n) is 5.69. The Morgan fingerprint density at radius 2 is 2.27 bits per heavy atom. The highest BCUT2D eigenvalue weighted by Crippen LogP contribution is 2.38. The summed E-state index contributed by atoms with van der Waals surface area (Å²) >= 11 is 0. The minimum Gasteiger partial charge on any atom is -0.492 e. The lowest BCUT2D eigenvalue weighted by Gasteiger charge is -2.30. The Labute approximate surface area is 130 Å². The van der Waals surface area contributed by atoms with Crippen LogP contribution in [-0.2, 0) is 0 Å². The van der Waals surface area contributed by atoms with Gasteiger partial charge in [-0.15, -0.1) is 0 Å². The van der Waals surface area contributed by atoms with Crippen molar-refractivity contribution in [2.24, 2.45) is 0 Å². The zero-order chi connectivity index (χ0) is 15.5. The molecule has 0 aliphatic carbocycles. The van der Waals surface area contributed by atoms with Gasteiger partial charge in [0.05, 0.1) is 12.8 Å². The number of nitrogen functional groups attached to an aromatic ring is 1. The van der Waals surface area contributed by atoms with Gasteiger partial charge in [0.1, 0.15) is 11.9 Å². The number of hydrogen-bond acceptors (Lipinski definition) is 5. The van der Waals surface area contributed by atoms with Crippen LogP contribution < -0.4 is 15.2 Å². The molecule has 0 bridgehead atoms. The molecule has 6 nitrogen and oxygen atoms in total. The number of para-hydroxylation sites is 1. The number of likely N-dealkylation sites (N-methyl/N-ethyl adjacent to an activating group) is 1. The molecule has 1 aliphatic rings. The van der Waals surface area contributed by atoms with Crippen molar-refractivity contribution in [2.45, 2.75) is 18.9 Å². The second kappa shape index (κ2) is 6.27. The van der Waals surface area contributed by atoms with Crippen LogP contribution in [-0.4, -0.2) is 48.4 Å². The normalized spacial score (nSPS) is 19.1. The number of aromatic amines is 1. The summed E-state index contributed by atoms with van der Waals surface area (Å²) < 4.78 is 11.8. The molecule has 2 aromatic rings. The summed E-state index contributed by atoms with van der Waals surface area (Å²) in [5, 5.41) is 6.89. The van der Waals surface area contributed by atoms with Gasteiger partial charge >= 0.3 is 0 Å². The van der Waals surface area contributed by atoms with Crippen LogP contribution >= 0.6 is 0 Å². The number of piperidine rings is 1. The van der Waals surface area contributed by atoms with Crippen molar-refractivity contribution in [2.75, 3.05) is 33.0 Å². The van der Waals surface area contributed by atoms with Crippen molar-refractivity contribution >= 4 is 5.82 Å². The summed E-state index contributed by atoms with van der Waals surface area (Å²) in [7, 11) is 3.77. The summed E-state index contributed by atoms with van der Waals surface area (Å²) in [4.78, 5) is 2.29. The van der Waals surface area contributed by atoms with E-state index in [0.717, 1.165) is 42.9 Å². The molecule has 1 aromatic heterocycles. The van der Waals surface area contributed by atoms with E-state index in [9.17, 15) is 0 Å². The molecule has 0 radical (unpaired) electrons. The number of ether oxygens (including phenoxy) is 2. The van der Waals surface area contributed by atoms with Gasteiger partial charge in [0, 0.05) is 18.2 Å². The Kier molecular flexibility index (Phi) is 4.20. The SMILES string of the molecule is COc1c(OC2CCCN(C)C2)cccc1-c1cc(N)n[nH]1. The van der Waals surface area contributed by atoms with Crippen LogP contribution in [0.15, 0.2) is 24.3 Å². The van der Waals surface area contributed by atoms with E-state index in [1.165, 1.54) is 0 Å². The number of benzene rings is 1. The third kappa shape index (κ3) is 3.01. The highest BCUT2D eigenvalue weighted by molar-refractivity contribution is 5.72. The lowest BCUT2D eigenvalue weighted by Crippen LogP contribution is -2.38. The van der Waals surface area contributed by atoms with E-state index in [1.54, 1.807) is 13.2 Å². The summed E-state index contributed by atoms with van der Waals surface area (Å²) in [5.41, 5.74) is 7.41. The number of nitrogens with two attached hydrogens (primary N) is 1. The molecule has 2 heterocycles. The first kappa shape index (κ1) is 14.7. The molecular formula is C16H22N4O2. The number of nitrogens with zero attached hydrogens (tertiary/aromatic N) is 2. The van der Waals surface area contributed by atoms with Gasteiger partial charge in [-0.1, -0.05) is 6.07 Å². The van der Waals surface area contributed by atoms with E-state index in [0.29, 0.717) is 11.6 Å². The molecule has 3 N–H and O–H groups in total.